The van der Waals surface area contributed by atoms with Crippen LogP contribution < -0.4 is 5.32 Å². The molecule has 4 aromatic rings. The van der Waals surface area contributed by atoms with Gasteiger partial charge in [-0.1, -0.05) is 6.07 Å². The van der Waals surface area contributed by atoms with Crippen molar-refractivity contribution >= 4 is 33.7 Å². The number of aromatic nitrogens is 4. The van der Waals surface area contributed by atoms with Crippen LogP contribution in [0.25, 0.3) is 33.5 Å². The topological polar surface area (TPSA) is 107 Å². The Bertz CT molecular complexity index is 1300. The maximum atomic E-state index is 13.7. The molecule has 3 fully saturated rings. The molecule has 3 aliphatic rings. The molecule has 7 rings (SSSR count). The van der Waals surface area contributed by atoms with Gasteiger partial charge in [0.25, 0.3) is 0 Å². The first-order valence-electron chi connectivity index (χ1n) is 10.7. The molecule has 2 bridgehead atoms. The highest BCUT2D eigenvalue weighted by atomic mass is 19.1. The fourth-order valence-electron chi connectivity index (χ4n) is 5.64. The highest BCUT2D eigenvalue weighted by Gasteiger charge is 2.47. The monoisotopic (exact) mass is 419 g/mol. The number of nitrogens with zero attached hydrogens (tertiary/aromatic N) is 2. The van der Waals surface area contributed by atoms with Crippen molar-refractivity contribution in [2.24, 2.45) is 17.8 Å². The van der Waals surface area contributed by atoms with Crippen molar-refractivity contribution in [2.75, 3.05) is 5.32 Å². The number of pyridine rings is 1. The van der Waals surface area contributed by atoms with Crippen LogP contribution >= 0.6 is 0 Å². The van der Waals surface area contributed by atoms with Crippen LogP contribution in [0, 0.1) is 23.6 Å². The largest absolute Gasteiger partial charge is 0.481 e. The number of anilines is 1. The lowest BCUT2D eigenvalue weighted by Gasteiger charge is -2.47. The number of nitrogens with one attached hydrogen (secondary N) is 3. The lowest BCUT2D eigenvalue weighted by Crippen LogP contribution is -2.51. The third-order valence-corrected chi connectivity index (χ3v) is 7.09. The summed E-state index contributed by atoms with van der Waals surface area (Å²) in [5.74, 6) is -0.273. The molecule has 0 radical (unpaired) electrons. The Kier molecular flexibility index (Phi) is 4.03. The van der Waals surface area contributed by atoms with Gasteiger partial charge >= 0.3 is 5.97 Å². The predicted octanol–water partition coefficient (Wildman–Crippen LogP) is 4.55. The quantitative estimate of drug-likeness (QED) is 0.388. The number of carboxylic acids is 1. The number of para-hydroxylation sites is 1. The van der Waals surface area contributed by atoms with Gasteiger partial charge in [0, 0.05) is 23.2 Å². The number of H-pyrrole nitrogens is 2. The minimum Gasteiger partial charge on any atom is -0.481 e. The van der Waals surface area contributed by atoms with Gasteiger partial charge < -0.3 is 20.4 Å². The van der Waals surface area contributed by atoms with Crippen LogP contribution in [-0.4, -0.2) is 37.1 Å². The second kappa shape index (κ2) is 6.80. The van der Waals surface area contributed by atoms with E-state index in [1.54, 1.807) is 6.20 Å². The molecule has 3 aromatic heterocycles. The smallest absolute Gasteiger partial charge is 0.308 e. The third kappa shape index (κ3) is 2.89. The first-order chi connectivity index (χ1) is 15.1. The Morgan fingerprint density at radius 1 is 1.19 bits per heavy atom. The molecule has 0 aliphatic heterocycles. The zero-order valence-electron chi connectivity index (χ0n) is 16.7. The Morgan fingerprint density at radius 3 is 2.81 bits per heavy atom. The average Bonchev–Trinajstić information content (AvgIpc) is 3.38. The van der Waals surface area contributed by atoms with Crippen LogP contribution in [0.2, 0.25) is 0 Å². The molecule has 1 aromatic carbocycles. The third-order valence-electron chi connectivity index (χ3n) is 7.09. The number of aromatic amines is 2. The summed E-state index contributed by atoms with van der Waals surface area (Å²) in [4.78, 5) is 27.3. The maximum absolute atomic E-state index is 13.7. The molecule has 0 unspecified atom stereocenters. The van der Waals surface area contributed by atoms with Crippen molar-refractivity contribution in [3.8, 4) is 11.4 Å². The van der Waals surface area contributed by atoms with Crippen molar-refractivity contribution in [2.45, 2.75) is 31.7 Å². The standard InChI is InChI=1S/C23H22FN5O2/c24-13-8-14-15(10-26-21(14)25-9-13)22-28-17-3-1-2-16(20(17)29-22)27-19-12-6-4-11(5-7-12)18(19)23(30)31/h1-3,8-12,18-19,27H,4-7H2,(H,25,26)(H,28,29)(H,30,31)/t11?,12?,18-,19-/m0/s1. The van der Waals surface area contributed by atoms with Gasteiger partial charge in [-0.2, -0.15) is 0 Å². The van der Waals surface area contributed by atoms with Crippen LogP contribution in [0.5, 0.6) is 0 Å². The Hall–Kier alpha value is -3.42. The SMILES string of the molecule is O=C(O)[C@H]1C2CCC(CC2)[C@@H]1Nc1cccc2[nH]c(-c3c[nH]c4ncc(F)cc34)nc12. The Morgan fingerprint density at radius 2 is 2.00 bits per heavy atom. The molecule has 7 nitrogen and oxygen atoms in total. The summed E-state index contributed by atoms with van der Waals surface area (Å²) in [6.07, 6.45) is 7.09. The summed E-state index contributed by atoms with van der Waals surface area (Å²) in [5, 5.41) is 14.1. The van der Waals surface area contributed by atoms with E-state index in [1.165, 1.54) is 12.3 Å². The molecule has 3 aliphatic carbocycles. The van der Waals surface area contributed by atoms with E-state index in [2.05, 4.69) is 20.3 Å². The van der Waals surface area contributed by atoms with E-state index in [4.69, 9.17) is 4.98 Å². The Labute approximate surface area is 177 Å². The van der Waals surface area contributed by atoms with Crippen LogP contribution in [0.3, 0.4) is 0 Å². The van der Waals surface area contributed by atoms with E-state index in [1.807, 2.05) is 18.2 Å². The number of carbonyl (C=O) groups is 1. The van der Waals surface area contributed by atoms with Gasteiger partial charge in [-0.25, -0.2) is 14.4 Å². The van der Waals surface area contributed by atoms with E-state index in [0.29, 0.717) is 22.8 Å². The van der Waals surface area contributed by atoms with Crippen LogP contribution in [-0.2, 0) is 4.79 Å². The number of halogens is 1. The predicted molar refractivity (Wildman–Crippen MR) is 115 cm³/mol. The van der Waals surface area contributed by atoms with Gasteiger partial charge in [-0.15, -0.1) is 0 Å². The minimum atomic E-state index is -0.713. The lowest BCUT2D eigenvalue weighted by molar-refractivity contribution is -0.148. The summed E-state index contributed by atoms with van der Waals surface area (Å²) in [6.45, 7) is 0. The number of aliphatic carboxylic acids is 1. The molecule has 4 N–H and O–H groups in total. The second-order valence-electron chi connectivity index (χ2n) is 8.75. The number of carboxylic acid groups (broad SMARTS) is 1. The van der Waals surface area contributed by atoms with Crippen molar-refractivity contribution in [1.29, 1.82) is 0 Å². The zero-order chi connectivity index (χ0) is 21.1. The first-order valence-corrected chi connectivity index (χ1v) is 10.7. The molecule has 0 spiro atoms. The van der Waals surface area contributed by atoms with E-state index >= 15 is 0 Å². The van der Waals surface area contributed by atoms with Crippen LogP contribution in [0.15, 0.2) is 36.7 Å². The van der Waals surface area contributed by atoms with Crippen molar-refractivity contribution in [1.82, 2.24) is 19.9 Å². The summed E-state index contributed by atoms with van der Waals surface area (Å²) in [6, 6.07) is 7.16. The van der Waals surface area contributed by atoms with Crippen molar-refractivity contribution in [3.05, 3.63) is 42.5 Å². The molecule has 158 valence electrons. The number of rotatable bonds is 4. The Balaban J connectivity index is 1.40. The van der Waals surface area contributed by atoms with Gasteiger partial charge in [0.15, 0.2) is 0 Å². The molecule has 0 saturated heterocycles. The normalized spacial score (nSPS) is 25.3. The van der Waals surface area contributed by atoms with E-state index < -0.39 is 11.8 Å². The molecule has 2 atom stereocenters. The fraction of sp³-hybridized carbons (Fsp3) is 0.348. The van der Waals surface area contributed by atoms with Crippen molar-refractivity contribution in [3.63, 3.8) is 0 Å². The number of imidazole rings is 1. The molecule has 8 heteroatoms. The zero-order valence-corrected chi connectivity index (χ0v) is 16.7. The van der Waals surface area contributed by atoms with E-state index in [-0.39, 0.29) is 17.9 Å². The summed E-state index contributed by atoms with van der Waals surface area (Å²) in [5.41, 5.74) is 3.75. The molecule has 31 heavy (non-hydrogen) atoms. The number of benzene rings is 1. The molecule has 3 heterocycles. The van der Waals surface area contributed by atoms with Gasteiger partial charge in [0.1, 0.15) is 22.8 Å². The highest BCUT2D eigenvalue weighted by Crippen LogP contribution is 2.46. The van der Waals surface area contributed by atoms with Gasteiger partial charge in [-0.05, 0) is 55.7 Å². The first kappa shape index (κ1) is 18.4. The summed E-state index contributed by atoms with van der Waals surface area (Å²) < 4.78 is 13.7. The lowest BCUT2D eigenvalue weighted by atomic mass is 9.61. The van der Waals surface area contributed by atoms with Gasteiger partial charge in [-0.3, -0.25) is 4.79 Å². The highest BCUT2D eigenvalue weighted by molar-refractivity contribution is 5.96. The minimum absolute atomic E-state index is 0.0952. The van der Waals surface area contributed by atoms with Crippen LogP contribution in [0.4, 0.5) is 10.1 Å². The van der Waals surface area contributed by atoms with E-state index in [9.17, 15) is 14.3 Å². The van der Waals surface area contributed by atoms with E-state index in [0.717, 1.165) is 48.0 Å². The average molecular weight is 419 g/mol. The van der Waals surface area contributed by atoms with Crippen LogP contribution in [0.1, 0.15) is 25.7 Å². The molecule has 3 saturated carbocycles. The molecular formula is C23H22FN5O2. The van der Waals surface area contributed by atoms with Crippen molar-refractivity contribution < 1.29 is 14.3 Å². The fourth-order valence-corrected chi connectivity index (χ4v) is 5.64. The summed E-state index contributed by atoms with van der Waals surface area (Å²) in [7, 11) is 0. The molecular weight excluding hydrogens is 397 g/mol. The number of fused-ring (bicyclic) bond motifs is 5. The maximum Gasteiger partial charge on any atom is 0.308 e. The second-order valence-corrected chi connectivity index (χ2v) is 8.75. The number of hydrogen-bond acceptors (Lipinski definition) is 4. The van der Waals surface area contributed by atoms with Gasteiger partial charge in [0.05, 0.1) is 23.3 Å². The summed E-state index contributed by atoms with van der Waals surface area (Å²) >= 11 is 0. The molecule has 0 amide bonds. The van der Waals surface area contributed by atoms with Gasteiger partial charge in [0.2, 0.25) is 0 Å². The number of hydrogen-bond donors (Lipinski definition) is 4.